The highest BCUT2D eigenvalue weighted by Crippen LogP contribution is 2.20. The van der Waals surface area contributed by atoms with Crippen molar-refractivity contribution in [3.63, 3.8) is 0 Å². The lowest BCUT2D eigenvalue weighted by molar-refractivity contribution is -0.116. The van der Waals surface area contributed by atoms with E-state index in [-0.39, 0.29) is 18.3 Å². The van der Waals surface area contributed by atoms with E-state index in [0.717, 1.165) is 36.6 Å². The molecule has 1 aliphatic heterocycles. The number of rotatable bonds is 4. The molecule has 0 saturated carbocycles. The Hall–Kier alpha value is -1.07. The summed E-state index contributed by atoms with van der Waals surface area (Å²) >= 11 is 0. The van der Waals surface area contributed by atoms with Crippen molar-refractivity contribution in [1.82, 2.24) is 15.1 Å². The van der Waals surface area contributed by atoms with Crippen LogP contribution in [0.2, 0.25) is 0 Å². The SMILES string of the molecule is Cc1nn(C)c(C)c1NC(=O)CCC1CCNC1.Cl. The predicted molar refractivity (Wildman–Crippen MR) is 78.8 cm³/mol. The average Bonchev–Trinajstić information content (AvgIpc) is 2.92. The summed E-state index contributed by atoms with van der Waals surface area (Å²) < 4.78 is 1.80. The quantitative estimate of drug-likeness (QED) is 0.887. The van der Waals surface area contributed by atoms with Gasteiger partial charge in [0.1, 0.15) is 0 Å². The van der Waals surface area contributed by atoms with Crippen LogP contribution >= 0.6 is 12.4 Å². The fourth-order valence-electron chi connectivity index (χ4n) is 2.45. The molecule has 1 saturated heterocycles. The van der Waals surface area contributed by atoms with Crippen LogP contribution in [0.3, 0.4) is 0 Å². The van der Waals surface area contributed by atoms with Crippen LogP contribution in [0.4, 0.5) is 5.69 Å². The first-order valence-corrected chi connectivity index (χ1v) is 6.58. The van der Waals surface area contributed by atoms with Crippen molar-refractivity contribution in [2.45, 2.75) is 33.1 Å². The maximum absolute atomic E-state index is 11.9. The molecule has 6 heteroatoms. The van der Waals surface area contributed by atoms with E-state index in [1.807, 2.05) is 20.9 Å². The van der Waals surface area contributed by atoms with Gasteiger partial charge in [0.05, 0.1) is 17.1 Å². The number of hydrogen-bond donors (Lipinski definition) is 2. The van der Waals surface area contributed by atoms with Crippen LogP contribution in [0.25, 0.3) is 0 Å². The number of anilines is 1. The van der Waals surface area contributed by atoms with Crippen LogP contribution in [-0.2, 0) is 11.8 Å². The fourth-order valence-corrected chi connectivity index (χ4v) is 2.45. The number of halogens is 1. The van der Waals surface area contributed by atoms with Gasteiger partial charge in [-0.1, -0.05) is 0 Å². The van der Waals surface area contributed by atoms with Crippen molar-refractivity contribution in [1.29, 1.82) is 0 Å². The maximum Gasteiger partial charge on any atom is 0.224 e. The molecule has 2 heterocycles. The Labute approximate surface area is 120 Å². The third-order valence-corrected chi connectivity index (χ3v) is 3.72. The van der Waals surface area contributed by atoms with Gasteiger partial charge in [-0.3, -0.25) is 9.48 Å². The smallest absolute Gasteiger partial charge is 0.224 e. The van der Waals surface area contributed by atoms with Gasteiger partial charge < -0.3 is 10.6 Å². The molecule has 0 spiro atoms. The zero-order valence-electron chi connectivity index (χ0n) is 11.8. The number of aryl methyl sites for hydroxylation is 2. The topological polar surface area (TPSA) is 59.0 Å². The number of hydrogen-bond acceptors (Lipinski definition) is 3. The molecular weight excluding hydrogens is 264 g/mol. The number of nitrogens with zero attached hydrogens (tertiary/aromatic N) is 2. The molecule has 19 heavy (non-hydrogen) atoms. The van der Waals surface area contributed by atoms with Crippen molar-refractivity contribution in [3.05, 3.63) is 11.4 Å². The third-order valence-electron chi connectivity index (χ3n) is 3.72. The molecule has 0 bridgehead atoms. The molecule has 1 aromatic heterocycles. The molecule has 2 rings (SSSR count). The second-order valence-electron chi connectivity index (χ2n) is 5.12. The molecule has 2 N–H and O–H groups in total. The van der Waals surface area contributed by atoms with E-state index in [1.165, 1.54) is 6.42 Å². The van der Waals surface area contributed by atoms with Gasteiger partial charge in [-0.2, -0.15) is 5.10 Å². The lowest BCUT2D eigenvalue weighted by atomic mass is 10.0. The molecule has 108 valence electrons. The Balaban J connectivity index is 0.00000180. The first-order valence-electron chi connectivity index (χ1n) is 6.58. The molecule has 5 nitrogen and oxygen atoms in total. The molecule has 1 fully saturated rings. The first-order chi connectivity index (χ1) is 8.58. The summed E-state index contributed by atoms with van der Waals surface area (Å²) in [6.07, 6.45) is 2.76. The molecule has 0 aromatic carbocycles. The normalized spacial score (nSPS) is 18.2. The predicted octanol–water partition coefficient (Wildman–Crippen LogP) is 1.79. The van der Waals surface area contributed by atoms with Gasteiger partial charge in [0.2, 0.25) is 5.91 Å². The van der Waals surface area contributed by atoms with Gasteiger partial charge in [0, 0.05) is 13.5 Å². The van der Waals surface area contributed by atoms with E-state index < -0.39 is 0 Å². The summed E-state index contributed by atoms with van der Waals surface area (Å²) in [5, 5.41) is 10.6. The number of nitrogens with one attached hydrogen (secondary N) is 2. The van der Waals surface area contributed by atoms with Crippen molar-refractivity contribution < 1.29 is 4.79 Å². The van der Waals surface area contributed by atoms with E-state index in [0.29, 0.717) is 12.3 Å². The van der Waals surface area contributed by atoms with Gasteiger partial charge >= 0.3 is 0 Å². The Morgan fingerprint density at radius 1 is 1.53 bits per heavy atom. The molecular formula is C13H23ClN4O. The van der Waals surface area contributed by atoms with Crippen LogP contribution in [-0.4, -0.2) is 28.8 Å². The Morgan fingerprint density at radius 2 is 2.26 bits per heavy atom. The highest BCUT2D eigenvalue weighted by atomic mass is 35.5. The highest BCUT2D eigenvalue weighted by Gasteiger charge is 2.17. The van der Waals surface area contributed by atoms with Crippen LogP contribution in [0, 0.1) is 19.8 Å². The van der Waals surface area contributed by atoms with E-state index in [4.69, 9.17) is 0 Å². The van der Waals surface area contributed by atoms with Crippen molar-refractivity contribution in [3.8, 4) is 0 Å². The van der Waals surface area contributed by atoms with E-state index in [2.05, 4.69) is 15.7 Å². The summed E-state index contributed by atoms with van der Waals surface area (Å²) in [6.45, 7) is 6.03. The van der Waals surface area contributed by atoms with Gasteiger partial charge in [-0.25, -0.2) is 0 Å². The fraction of sp³-hybridized carbons (Fsp3) is 0.692. The molecule has 1 unspecified atom stereocenters. The summed E-state index contributed by atoms with van der Waals surface area (Å²) in [5.41, 5.74) is 2.75. The third kappa shape index (κ3) is 3.94. The summed E-state index contributed by atoms with van der Waals surface area (Å²) in [6, 6.07) is 0. The van der Waals surface area contributed by atoms with Gasteiger partial charge in [-0.05, 0) is 45.7 Å². The molecule has 1 aromatic rings. The molecule has 0 radical (unpaired) electrons. The van der Waals surface area contributed by atoms with Gasteiger partial charge in [-0.15, -0.1) is 12.4 Å². The van der Waals surface area contributed by atoms with Crippen molar-refractivity contribution in [2.75, 3.05) is 18.4 Å². The van der Waals surface area contributed by atoms with E-state index in [9.17, 15) is 4.79 Å². The summed E-state index contributed by atoms with van der Waals surface area (Å²) in [7, 11) is 1.89. The van der Waals surface area contributed by atoms with E-state index in [1.54, 1.807) is 4.68 Å². The first kappa shape index (κ1) is 16.0. The Bertz CT molecular complexity index is 438. The largest absolute Gasteiger partial charge is 0.323 e. The summed E-state index contributed by atoms with van der Waals surface area (Å²) in [5.74, 6) is 0.757. The Kier molecular flexibility index (Phi) is 5.82. The second-order valence-corrected chi connectivity index (χ2v) is 5.12. The monoisotopic (exact) mass is 286 g/mol. The highest BCUT2D eigenvalue weighted by molar-refractivity contribution is 5.91. The van der Waals surface area contributed by atoms with Crippen LogP contribution < -0.4 is 10.6 Å². The second kappa shape index (κ2) is 6.91. The average molecular weight is 287 g/mol. The van der Waals surface area contributed by atoms with Crippen LogP contribution in [0.1, 0.15) is 30.7 Å². The minimum Gasteiger partial charge on any atom is -0.323 e. The molecule has 0 aliphatic carbocycles. The number of carbonyl (C=O) groups excluding carboxylic acids is 1. The molecule has 1 atom stereocenters. The van der Waals surface area contributed by atoms with Crippen LogP contribution in [0.15, 0.2) is 0 Å². The zero-order valence-corrected chi connectivity index (χ0v) is 12.6. The number of aromatic nitrogens is 2. The minimum atomic E-state index is 0. The Morgan fingerprint density at radius 3 is 2.79 bits per heavy atom. The van der Waals surface area contributed by atoms with Crippen molar-refractivity contribution >= 4 is 24.0 Å². The van der Waals surface area contributed by atoms with Crippen molar-refractivity contribution in [2.24, 2.45) is 13.0 Å². The zero-order chi connectivity index (χ0) is 13.1. The standard InChI is InChI=1S/C13H22N4O.ClH/c1-9-13(10(2)17(3)16-9)15-12(18)5-4-11-6-7-14-8-11;/h11,14H,4-8H2,1-3H3,(H,15,18);1H. The van der Waals surface area contributed by atoms with Crippen LogP contribution in [0.5, 0.6) is 0 Å². The minimum absolute atomic E-state index is 0. The maximum atomic E-state index is 11.9. The lowest BCUT2D eigenvalue weighted by Crippen LogP contribution is -2.15. The van der Waals surface area contributed by atoms with E-state index >= 15 is 0 Å². The summed E-state index contributed by atoms with van der Waals surface area (Å²) in [4.78, 5) is 11.9. The number of amides is 1. The van der Waals surface area contributed by atoms with Gasteiger partial charge in [0.15, 0.2) is 0 Å². The molecule has 1 aliphatic rings. The number of carbonyl (C=O) groups is 1. The molecule has 1 amide bonds. The van der Waals surface area contributed by atoms with Gasteiger partial charge in [0.25, 0.3) is 0 Å². The lowest BCUT2D eigenvalue weighted by Gasteiger charge is -2.09.